The van der Waals surface area contributed by atoms with Crippen LogP contribution in [0.1, 0.15) is 59.6 Å². The van der Waals surface area contributed by atoms with Crippen molar-refractivity contribution in [3.8, 4) is 0 Å². The zero-order valence-electron chi connectivity index (χ0n) is 14.0. The number of carbonyl (C=O) groups excluding carboxylic acids is 1. The lowest BCUT2D eigenvalue weighted by atomic mass is 9.93. The van der Waals surface area contributed by atoms with Gasteiger partial charge in [0, 0.05) is 18.5 Å². The lowest BCUT2D eigenvalue weighted by molar-refractivity contribution is 0.0745. The molecule has 0 atom stereocenters. The number of rotatable bonds is 4. The molecule has 1 amide bonds. The molecule has 3 nitrogen and oxygen atoms in total. The summed E-state index contributed by atoms with van der Waals surface area (Å²) in [7, 11) is 1.89. The molecule has 1 aliphatic carbocycles. The Hall–Kier alpha value is -0.580. The summed E-state index contributed by atoms with van der Waals surface area (Å²) in [4.78, 5) is 16.8. The summed E-state index contributed by atoms with van der Waals surface area (Å²) in [6.07, 6.45) is 7.45. The predicted octanol–water partition coefficient (Wildman–Crippen LogP) is 3.89. The Bertz CT molecular complexity index is 473. The molecule has 0 radical (unpaired) electrons. The van der Waals surface area contributed by atoms with Crippen LogP contribution in [0.2, 0.25) is 0 Å². The molecule has 1 heterocycles. The van der Waals surface area contributed by atoms with Crippen molar-refractivity contribution < 1.29 is 4.79 Å². The molecule has 2 rings (SSSR count). The Morgan fingerprint density at radius 1 is 1.27 bits per heavy atom. The maximum atomic E-state index is 12.6. The van der Waals surface area contributed by atoms with Gasteiger partial charge in [-0.2, -0.15) is 0 Å². The van der Waals surface area contributed by atoms with Gasteiger partial charge in [-0.1, -0.05) is 26.7 Å². The molecule has 0 spiro atoms. The van der Waals surface area contributed by atoms with Crippen molar-refractivity contribution >= 4 is 29.7 Å². The first kappa shape index (κ1) is 19.5. The summed E-state index contributed by atoms with van der Waals surface area (Å²) in [5.74, 6) is 0.147. The third-order valence-corrected chi connectivity index (χ3v) is 5.50. The molecule has 0 saturated heterocycles. The Kier molecular flexibility index (Phi) is 7.36. The predicted molar refractivity (Wildman–Crippen MR) is 97.2 cm³/mol. The first-order chi connectivity index (χ1) is 9.93. The summed E-state index contributed by atoms with van der Waals surface area (Å²) in [5.41, 5.74) is 7.15. The van der Waals surface area contributed by atoms with Crippen LogP contribution in [0.25, 0.3) is 0 Å². The van der Waals surface area contributed by atoms with Crippen LogP contribution in [-0.2, 0) is 12.8 Å². The van der Waals surface area contributed by atoms with Crippen LogP contribution < -0.4 is 5.73 Å². The summed E-state index contributed by atoms with van der Waals surface area (Å²) in [5, 5.41) is 0. The molecule has 1 aromatic rings. The largest absolute Gasteiger partial charge is 0.340 e. The smallest absolute Gasteiger partial charge is 0.263 e. The number of amides is 1. The van der Waals surface area contributed by atoms with Crippen molar-refractivity contribution in [1.29, 1.82) is 0 Å². The zero-order valence-corrected chi connectivity index (χ0v) is 15.6. The monoisotopic (exact) mass is 344 g/mol. The molecule has 5 heteroatoms. The van der Waals surface area contributed by atoms with Crippen molar-refractivity contribution in [2.24, 2.45) is 11.1 Å². The molecule has 0 aliphatic heterocycles. The van der Waals surface area contributed by atoms with E-state index in [2.05, 4.69) is 19.9 Å². The van der Waals surface area contributed by atoms with Crippen LogP contribution in [0.15, 0.2) is 6.07 Å². The minimum Gasteiger partial charge on any atom is -0.340 e. The second-order valence-electron chi connectivity index (χ2n) is 7.00. The Balaban J connectivity index is 0.00000242. The standard InChI is InChI=1S/C17H28N2OS.ClH/c1-17(2,11-18)12-19(3)16(20)15-10-13-8-6-4-5-7-9-14(13)21-15;/h10H,4-9,11-12,18H2,1-3H3;1H. The first-order valence-corrected chi connectivity index (χ1v) is 8.82. The normalized spacial score (nSPS) is 15.3. The number of thiophene rings is 1. The molecule has 0 aromatic carbocycles. The molecule has 1 aliphatic rings. The van der Waals surface area contributed by atoms with Gasteiger partial charge in [-0.15, -0.1) is 23.7 Å². The van der Waals surface area contributed by atoms with E-state index in [1.807, 2.05) is 11.9 Å². The van der Waals surface area contributed by atoms with Gasteiger partial charge in [0.15, 0.2) is 0 Å². The minimum atomic E-state index is -0.0315. The van der Waals surface area contributed by atoms with Crippen LogP contribution in [0.3, 0.4) is 0 Å². The van der Waals surface area contributed by atoms with Crippen molar-refractivity contribution in [3.63, 3.8) is 0 Å². The maximum absolute atomic E-state index is 12.6. The summed E-state index contributed by atoms with van der Waals surface area (Å²) in [6, 6.07) is 2.14. The van der Waals surface area contributed by atoms with Gasteiger partial charge in [-0.3, -0.25) is 4.79 Å². The van der Waals surface area contributed by atoms with Gasteiger partial charge < -0.3 is 10.6 Å². The van der Waals surface area contributed by atoms with Gasteiger partial charge in [0.2, 0.25) is 0 Å². The third kappa shape index (κ3) is 4.97. The van der Waals surface area contributed by atoms with E-state index in [1.165, 1.54) is 36.1 Å². The van der Waals surface area contributed by atoms with Gasteiger partial charge in [-0.05, 0) is 49.3 Å². The van der Waals surface area contributed by atoms with Gasteiger partial charge >= 0.3 is 0 Å². The first-order valence-electron chi connectivity index (χ1n) is 8.00. The van der Waals surface area contributed by atoms with Crippen molar-refractivity contribution in [2.45, 2.75) is 52.4 Å². The second kappa shape index (κ2) is 8.32. The molecule has 1 aromatic heterocycles. The summed E-state index contributed by atoms with van der Waals surface area (Å²) < 4.78 is 0. The van der Waals surface area contributed by atoms with Gasteiger partial charge in [0.1, 0.15) is 0 Å². The highest BCUT2D eigenvalue weighted by Gasteiger charge is 2.24. The van der Waals surface area contributed by atoms with Gasteiger partial charge in [0.05, 0.1) is 4.88 Å². The van der Waals surface area contributed by atoms with E-state index < -0.39 is 0 Å². The van der Waals surface area contributed by atoms with Crippen LogP contribution in [0.4, 0.5) is 0 Å². The summed E-state index contributed by atoms with van der Waals surface area (Å²) >= 11 is 1.71. The minimum absolute atomic E-state index is 0. The quantitative estimate of drug-likeness (QED) is 0.900. The molecule has 0 unspecified atom stereocenters. The molecular formula is C17H29ClN2OS. The number of aryl methyl sites for hydroxylation is 2. The molecule has 22 heavy (non-hydrogen) atoms. The number of fused-ring (bicyclic) bond motifs is 1. The lowest BCUT2D eigenvalue weighted by Crippen LogP contribution is -2.39. The van der Waals surface area contributed by atoms with Gasteiger partial charge in [0.25, 0.3) is 5.91 Å². The maximum Gasteiger partial charge on any atom is 0.263 e. The van der Waals surface area contributed by atoms with E-state index in [9.17, 15) is 4.79 Å². The number of hydrogen-bond acceptors (Lipinski definition) is 3. The highest BCUT2D eigenvalue weighted by molar-refractivity contribution is 7.14. The fraction of sp³-hybridized carbons (Fsp3) is 0.706. The number of hydrogen-bond donors (Lipinski definition) is 1. The highest BCUT2D eigenvalue weighted by atomic mass is 35.5. The molecule has 126 valence electrons. The molecule has 2 N–H and O–H groups in total. The molecule has 0 fully saturated rings. The number of nitrogens with zero attached hydrogens (tertiary/aromatic N) is 1. The van der Waals surface area contributed by atoms with E-state index in [-0.39, 0.29) is 23.7 Å². The number of carbonyl (C=O) groups is 1. The van der Waals surface area contributed by atoms with E-state index in [0.29, 0.717) is 13.1 Å². The average molecular weight is 345 g/mol. The fourth-order valence-electron chi connectivity index (χ4n) is 2.92. The van der Waals surface area contributed by atoms with Crippen molar-refractivity contribution in [3.05, 3.63) is 21.4 Å². The lowest BCUT2D eigenvalue weighted by Gasteiger charge is -2.28. The Morgan fingerprint density at radius 3 is 2.55 bits per heavy atom. The molecule has 0 bridgehead atoms. The number of nitrogens with two attached hydrogens (primary N) is 1. The topological polar surface area (TPSA) is 46.3 Å². The van der Waals surface area contributed by atoms with E-state index >= 15 is 0 Å². The highest BCUT2D eigenvalue weighted by Crippen LogP contribution is 2.29. The van der Waals surface area contributed by atoms with Crippen molar-refractivity contribution in [2.75, 3.05) is 20.1 Å². The fourth-order valence-corrected chi connectivity index (χ4v) is 4.16. The van der Waals surface area contributed by atoms with Crippen LogP contribution >= 0.6 is 23.7 Å². The average Bonchev–Trinajstić information content (AvgIpc) is 2.80. The SMILES string of the molecule is CN(CC(C)(C)CN)C(=O)c1cc2c(s1)CCCCCC2.Cl. The summed E-state index contributed by atoms with van der Waals surface area (Å²) in [6.45, 7) is 5.49. The van der Waals surface area contributed by atoms with Gasteiger partial charge in [-0.25, -0.2) is 0 Å². The Labute approximate surface area is 144 Å². The Morgan fingerprint density at radius 2 is 1.91 bits per heavy atom. The van der Waals surface area contributed by atoms with Crippen LogP contribution in [-0.4, -0.2) is 30.9 Å². The van der Waals surface area contributed by atoms with E-state index in [0.717, 1.165) is 17.7 Å². The van der Waals surface area contributed by atoms with Crippen molar-refractivity contribution in [1.82, 2.24) is 4.90 Å². The molecular weight excluding hydrogens is 316 g/mol. The van der Waals surface area contributed by atoms with Crippen LogP contribution in [0.5, 0.6) is 0 Å². The van der Waals surface area contributed by atoms with E-state index in [1.54, 1.807) is 11.3 Å². The number of halogens is 1. The molecule has 0 saturated carbocycles. The van der Waals surface area contributed by atoms with E-state index in [4.69, 9.17) is 5.73 Å². The zero-order chi connectivity index (χ0) is 15.5. The second-order valence-corrected chi connectivity index (χ2v) is 8.14. The third-order valence-electron chi connectivity index (χ3n) is 4.27. The van der Waals surface area contributed by atoms with Crippen LogP contribution in [0, 0.1) is 5.41 Å².